The van der Waals surface area contributed by atoms with Crippen molar-refractivity contribution in [3.8, 4) is 11.1 Å². The van der Waals surface area contributed by atoms with Gasteiger partial charge >= 0.3 is 6.09 Å². The zero-order valence-electron chi connectivity index (χ0n) is 19.5. The number of aromatic nitrogens is 3. The van der Waals surface area contributed by atoms with Crippen molar-refractivity contribution in [2.75, 3.05) is 5.32 Å². The molecule has 1 atom stereocenters. The number of halogens is 1. The molecule has 174 valence electrons. The van der Waals surface area contributed by atoms with E-state index in [-0.39, 0.29) is 6.04 Å². The summed E-state index contributed by atoms with van der Waals surface area (Å²) in [5.74, 6) is 0.443. The van der Waals surface area contributed by atoms with E-state index in [2.05, 4.69) is 25.6 Å². The molecule has 0 spiro atoms. The van der Waals surface area contributed by atoms with Crippen LogP contribution in [0.4, 0.5) is 16.4 Å². The zero-order valence-corrected chi connectivity index (χ0v) is 20.2. The van der Waals surface area contributed by atoms with Crippen molar-refractivity contribution < 1.29 is 9.53 Å². The maximum Gasteiger partial charge on any atom is 0.408 e. The van der Waals surface area contributed by atoms with Gasteiger partial charge in [0.05, 0.1) is 16.6 Å². The van der Waals surface area contributed by atoms with Crippen molar-refractivity contribution in [3.05, 3.63) is 77.7 Å². The molecule has 0 radical (unpaired) electrons. The first kappa shape index (κ1) is 23.4. The molecule has 2 aromatic heterocycles. The van der Waals surface area contributed by atoms with Gasteiger partial charge in [0.25, 0.3) is 0 Å². The van der Waals surface area contributed by atoms with E-state index in [9.17, 15) is 4.79 Å². The van der Waals surface area contributed by atoms with Gasteiger partial charge in [0, 0.05) is 29.7 Å². The molecule has 8 heteroatoms. The molecule has 0 aliphatic rings. The van der Waals surface area contributed by atoms with E-state index < -0.39 is 11.7 Å². The molecule has 0 aliphatic carbocycles. The second kappa shape index (κ2) is 9.65. The Morgan fingerprint density at radius 3 is 2.41 bits per heavy atom. The molecular weight excluding hydrogens is 450 g/mol. The molecule has 0 bridgehead atoms. The molecule has 2 aromatic carbocycles. The molecule has 4 rings (SSSR count). The van der Waals surface area contributed by atoms with Gasteiger partial charge in [0.15, 0.2) is 0 Å². The van der Waals surface area contributed by atoms with Crippen LogP contribution in [0.3, 0.4) is 0 Å². The second-order valence-corrected chi connectivity index (χ2v) is 9.35. The topological polar surface area (TPSA) is 89.0 Å². The molecule has 0 aliphatic heterocycles. The van der Waals surface area contributed by atoms with Gasteiger partial charge in [-0.05, 0) is 80.8 Å². The predicted molar refractivity (Wildman–Crippen MR) is 135 cm³/mol. The first-order valence-corrected chi connectivity index (χ1v) is 11.3. The Labute approximate surface area is 203 Å². The highest BCUT2D eigenvalue weighted by Crippen LogP contribution is 2.30. The van der Waals surface area contributed by atoms with Gasteiger partial charge in [0.2, 0.25) is 5.95 Å². The highest BCUT2D eigenvalue weighted by atomic mass is 35.5. The van der Waals surface area contributed by atoms with E-state index >= 15 is 0 Å². The van der Waals surface area contributed by atoms with Crippen LogP contribution in [-0.2, 0) is 4.74 Å². The quantitative estimate of drug-likeness (QED) is 0.335. The number of benzene rings is 2. The molecule has 0 fully saturated rings. The van der Waals surface area contributed by atoms with Gasteiger partial charge in [-0.25, -0.2) is 14.8 Å². The molecule has 2 N–H and O–H groups in total. The number of carbonyl (C=O) groups excluding carboxylic acids is 1. The summed E-state index contributed by atoms with van der Waals surface area (Å²) in [5, 5.41) is 7.44. The van der Waals surface area contributed by atoms with Gasteiger partial charge < -0.3 is 15.4 Å². The minimum atomic E-state index is -0.541. The maximum atomic E-state index is 12.0. The number of nitrogens with one attached hydrogen (secondary N) is 2. The summed E-state index contributed by atoms with van der Waals surface area (Å²) in [6, 6.07) is 15.2. The fourth-order valence-corrected chi connectivity index (χ4v) is 3.69. The molecular formula is C26H26ClN5O2. The number of ether oxygens (including phenoxy) is 1. The summed E-state index contributed by atoms with van der Waals surface area (Å²) in [5.41, 5.74) is 3.90. The third-order valence-electron chi connectivity index (χ3n) is 5.05. The number of anilines is 2. The number of rotatable bonds is 5. The van der Waals surface area contributed by atoms with E-state index in [1.54, 1.807) is 18.6 Å². The van der Waals surface area contributed by atoms with Crippen molar-refractivity contribution in [1.29, 1.82) is 0 Å². The third kappa shape index (κ3) is 5.80. The molecule has 4 aromatic rings. The van der Waals surface area contributed by atoms with Gasteiger partial charge in [-0.15, -0.1) is 0 Å². The summed E-state index contributed by atoms with van der Waals surface area (Å²) >= 11 is 6.55. The third-order valence-corrected chi connectivity index (χ3v) is 5.34. The van der Waals surface area contributed by atoms with Crippen molar-refractivity contribution in [2.45, 2.75) is 39.3 Å². The van der Waals surface area contributed by atoms with Crippen molar-refractivity contribution in [2.24, 2.45) is 0 Å². The number of carbonyl (C=O) groups is 1. The average Bonchev–Trinajstić information content (AvgIpc) is 2.79. The number of hydrogen-bond donors (Lipinski definition) is 2. The Balaban J connectivity index is 1.47. The van der Waals surface area contributed by atoms with Crippen LogP contribution in [0, 0.1) is 0 Å². The van der Waals surface area contributed by atoms with Gasteiger partial charge in [-0.2, -0.15) is 0 Å². The lowest BCUT2D eigenvalue weighted by Crippen LogP contribution is -2.34. The van der Waals surface area contributed by atoms with E-state index in [0.717, 1.165) is 27.8 Å². The number of nitrogens with zero attached hydrogens (tertiary/aromatic N) is 3. The van der Waals surface area contributed by atoms with Crippen LogP contribution >= 0.6 is 11.6 Å². The van der Waals surface area contributed by atoms with E-state index in [1.165, 1.54) is 0 Å². The summed E-state index contributed by atoms with van der Waals surface area (Å²) in [7, 11) is 0. The summed E-state index contributed by atoms with van der Waals surface area (Å²) < 4.78 is 5.32. The fraction of sp³-hybridized carbons (Fsp3) is 0.231. The van der Waals surface area contributed by atoms with Crippen LogP contribution in [-0.4, -0.2) is 26.6 Å². The fourth-order valence-electron chi connectivity index (χ4n) is 3.43. The van der Waals surface area contributed by atoms with Gasteiger partial charge in [0.1, 0.15) is 5.60 Å². The zero-order chi connectivity index (χ0) is 24.3. The Morgan fingerprint density at radius 1 is 1.03 bits per heavy atom. The lowest BCUT2D eigenvalue weighted by atomic mass is 10.1. The number of alkyl carbamates (subject to hydrolysis) is 1. The van der Waals surface area contributed by atoms with Crippen molar-refractivity contribution in [1.82, 2.24) is 20.3 Å². The lowest BCUT2D eigenvalue weighted by Gasteiger charge is -2.22. The highest BCUT2D eigenvalue weighted by molar-refractivity contribution is 6.35. The highest BCUT2D eigenvalue weighted by Gasteiger charge is 2.18. The Hall–Kier alpha value is -3.71. The summed E-state index contributed by atoms with van der Waals surface area (Å²) in [4.78, 5) is 25.1. The van der Waals surface area contributed by atoms with E-state index in [1.807, 2.05) is 76.2 Å². The van der Waals surface area contributed by atoms with Crippen molar-refractivity contribution in [3.63, 3.8) is 0 Å². The summed E-state index contributed by atoms with van der Waals surface area (Å²) in [6.07, 6.45) is 4.80. The van der Waals surface area contributed by atoms with Crippen LogP contribution in [0.5, 0.6) is 0 Å². The SMILES string of the molecule is C[C@@H](NC(=O)OC(C)(C)C)c1ccc(Nc2ncc3cc(-c4ccncc4)cc(Cl)c3n2)cc1. The van der Waals surface area contributed by atoms with Crippen LogP contribution in [0.2, 0.25) is 5.02 Å². The lowest BCUT2D eigenvalue weighted by molar-refractivity contribution is 0.0508. The van der Waals surface area contributed by atoms with Crippen LogP contribution < -0.4 is 10.6 Å². The number of hydrogen-bond acceptors (Lipinski definition) is 6. The minimum absolute atomic E-state index is 0.200. The number of amides is 1. The monoisotopic (exact) mass is 475 g/mol. The molecule has 34 heavy (non-hydrogen) atoms. The molecule has 0 unspecified atom stereocenters. The second-order valence-electron chi connectivity index (χ2n) is 8.94. The Bertz CT molecular complexity index is 1300. The summed E-state index contributed by atoms with van der Waals surface area (Å²) in [6.45, 7) is 7.40. The number of pyridine rings is 1. The van der Waals surface area contributed by atoms with Gasteiger partial charge in [-0.1, -0.05) is 23.7 Å². The molecule has 0 saturated heterocycles. The first-order chi connectivity index (χ1) is 16.2. The largest absolute Gasteiger partial charge is 0.444 e. The normalized spacial score (nSPS) is 12.3. The first-order valence-electron chi connectivity index (χ1n) is 10.9. The molecule has 2 heterocycles. The molecule has 0 saturated carbocycles. The van der Waals surface area contributed by atoms with E-state index in [0.29, 0.717) is 16.5 Å². The Kier molecular flexibility index (Phi) is 6.65. The van der Waals surface area contributed by atoms with Crippen LogP contribution in [0.1, 0.15) is 39.3 Å². The average molecular weight is 476 g/mol. The molecule has 1 amide bonds. The maximum absolute atomic E-state index is 12.0. The standard InChI is InChI=1S/C26H26ClN5O2/c1-16(30-25(33)34-26(2,3)4)17-5-7-21(8-6-17)31-24-29-15-20-13-19(14-22(27)23(20)32-24)18-9-11-28-12-10-18/h5-16H,1-4H3,(H,30,33)(H,29,31,32)/t16-/m1/s1. The number of fused-ring (bicyclic) bond motifs is 1. The van der Waals surface area contributed by atoms with Gasteiger partial charge in [-0.3, -0.25) is 4.98 Å². The smallest absolute Gasteiger partial charge is 0.408 e. The van der Waals surface area contributed by atoms with Crippen LogP contribution in [0.15, 0.2) is 67.1 Å². The minimum Gasteiger partial charge on any atom is -0.444 e. The Morgan fingerprint density at radius 2 is 1.74 bits per heavy atom. The predicted octanol–water partition coefficient (Wildman–Crippen LogP) is 6.67. The van der Waals surface area contributed by atoms with Crippen molar-refractivity contribution >= 4 is 40.2 Å². The molecule has 7 nitrogen and oxygen atoms in total. The van der Waals surface area contributed by atoms with Crippen LogP contribution in [0.25, 0.3) is 22.0 Å². The van der Waals surface area contributed by atoms with E-state index in [4.69, 9.17) is 16.3 Å².